The summed E-state index contributed by atoms with van der Waals surface area (Å²) in [5, 5.41) is 4.38. The Balaban J connectivity index is 1.65. The van der Waals surface area contributed by atoms with Crippen molar-refractivity contribution >= 4 is 23.7 Å². The van der Waals surface area contributed by atoms with E-state index in [1.165, 1.54) is 12.1 Å². The van der Waals surface area contributed by atoms with Crippen LogP contribution in [0.4, 0.5) is 4.39 Å². The minimum atomic E-state index is -0.375. The van der Waals surface area contributed by atoms with Crippen molar-refractivity contribution in [2.45, 2.75) is 20.5 Å². The number of rotatable bonds is 6. The number of aryl methyl sites for hydroxylation is 2. The first-order valence-corrected chi connectivity index (χ1v) is 9.38. The van der Waals surface area contributed by atoms with Gasteiger partial charge in [-0.2, -0.15) is 5.10 Å². The molecule has 0 unspecified atom stereocenters. The Bertz CT molecular complexity index is 1030. The predicted octanol–water partition coefficient (Wildman–Crippen LogP) is 5.44. The fourth-order valence-corrected chi connectivity index (χ4v) is 3.11. The van der Waals surface area contributed by atoms with E-state index >= 15 is 0 Å². The summed E-state index contributed by atoms with van der Waals surface area (Å²) in [6.45, 7) is 4.22. The molecule has 0 aromatic heterocycles. The van der Waals surface area contributed by atoms with Crippen molar-refractivity contribution in [2.24, 2.45) is 5.10 Å². The van der Waals surface area contributed by atoms with Crippen LogP contribution in [0.1, 0.15) is 32.6 Å². The Kier molecular flexibility index (Phi) is 6.62. The molecule has 0 radical (unpaired) electrons. The van der Waals surface area contributed by atoms with Crippen LogP contribution in [0.5, 0.6) is 5.75 Å². The van der Waals surface area contributed by atoms with Crippen LogP contribution in [-0.2, 0) is 6.61 Å². The molecule has 0 saturated carbocycles. The first-order chi connectivity index (χ1) is 13.9. The molecule has 1 amide bonds. The number of nitrogens with zero attached hydrogens (tertiary/aromatic N) is 1. The lowest BCUT2D eigenvalue weighted by Crippen LogP contribution is -2.18. The first-order valence-electron chi connectivity index (χ1n) is 9.00. The van der Waals surface area contributed by atoms with Crippen molar-refractivity contribution in [3.05, 3.63) is 99.3 Å². The summed E-state index contributed by atoms with van der Waals surface area (Å²) in [7, 11) is 0. The molecule has 0 aliphatic heterocycles. The summed E-state index contributed by atoms with van der Waals surface area (Å²) in [6, 6.07) is 16.8. The Morgan fingerprint density at radius 3 is 2.41 bits per heavy atom. The number of hydrazone groups is 1. The first kappa shape index (κ1) is 20.6. The molecule has 1 N–H and O–H groups in total. The van der Waals surface area contributed by atoms with E-state index in [-0.39, 0.29) is 11.7 Å². The highest BCUT2D eigenvalue weighted by atomic mass is 35.5. The van der Waals surface area contributed by atoms with Crippen LogP contribution in [0, 0.1) is 19.7 Å². The van der Waals surface area contributed by atoms with Crippen molar-refractivity contribution in [1.82, 2.24) is 5.43 Å². The molecule has 3 aromatic rings. The molecule has 0 aliphatic carbocycles. The third kappa shape index (κ3) is 5.42. The molecule has 3 rings (SSSR count). The number of amides is 1. The van der Waals surface area contributed by atoms with E-state index in [4.69, 9.17) is 16.3 Å². The fraction of sp³-hybridized carbons (Fsp3) is 0.130. The average Bonchev–Trinajstić information content (AvgIpc) is 2.69. The monoisotopic (exact) mass is 410 g/mol. The van der Waals surface area contributed by atoms with Crippen molar-refractivity contribution in [2.75, 3.05) is 0 Å². The van der Waals surface area contributed by atoms with Gasteiger partial charge in [-0.15, -0.1) is 0 Å². The van der Waals surface area contributed by atoms with E-state index in [9.17, 15) is 9.18 Å². The summed E-state index contributed by atoms with van der Waals surface area (Å²) in [5.41, 5.74) is 6.43. The highest BCUT2D eigenvalue weighted by molar-refractivity contribution is 6.33. The van der Waals surface area contributed by atoms with Crippen molar-refractivity contribution in [3.8, 4) is 5.75 Å². The van der Waals surface area contributed by atoms with Gasteiger partial charge in [-0.25, -0.2) is 9.82 Å². The zero-order valence-corrected chi connectivity index (χ0v) is 16.8. The van der Waals surface area contributed by atoms with Gasteiger partial charge in [-0.1, -0.05) is 35.9 Å². The van der Waals surface area contributed by atoms with Crippen LogP contribution in [-0.4, -0.2) is 12.1 Å². The average molecular weight is 411 g/mol. The molecule has 0 atom stereocenters. The topological polar surface area (TPSA) is 50.7 Å². The summed E-state index contributed by atoms with van der Waals surface area (Å²) in [4.78, 5) is 12.1. The van der Waals surface area contributed by atoms with Gasteiger partial charge < -0.3 is 4.74 Å². The van der Waals surface area contributed by atoms with E-state index in [1.54, 1.807) is 42.6 Å². The lowest BCUT2D eigenvalue weighted by atomic mass is 10.1. The van der Waals surface area contributed by atoms with Gasteiger partial charge in [0.15, 0.2) is 0 Å². The number of ether oxygens (including phenoxy) is 1. The molecule has 0 heterocycles. The molecule has 6 heteroatoms. The standard InChI is InChI=1S/C23H20ClFN2O2/c1-15-11-18(13-26-27-23(28)20-5-3-4-6-21(20)24)12-16(2)22(15)29-14-17-7-9-19(25)10-8-17/h3-13H,14H2,1-2H3,(H,27,28)/b26-13-. The highest BCUT2D eigenvalue weighted by Gasteiger charge is 2.09. The number of benzene rings is 3. The van der Waals surface area contributed by atoms with E-state index < -0.39 is 0 Å². The second-order valence-electron chi connectivity index (χ2n) is 6.58. The molecule has 0 spiro atoms. The van der Waals surface area contributed by atoms with Crippen LogP contribution in [0.25, 0.3) is 0 Å². The number of halogens is 2. The summed E-state index contributed by atoms with van der Waals surface area (Å²) in [6.07, 6.45) is 1.57. The second-order valence-corrected chi connectivity index (χ2v) is 6.99. The number of carbonyl (C=O) groups excluding carboxylic acids is 1. The van der Waals surface area contributed by atoms with Crippen LogP contribution < -0.4 is 10.2 Å². The molecular formula is C23H20ClFN2O2. The van der Waals surface area contributed by atoms with Crippen molar-refractivity contribution < 1.29 is 13.9 Å². The molecule has 0 fully saturated rings. The lowest BCUT2D eigenvalue weighted by molar-refractivity contribution is 0.0955. The molecule has 29 heavy (non-hydrogen) atoms. The Morgan fingerprint density at radius 1 is 1.10 bits per heavy atom. The smallest absolute Gasteiger partial charge is 0.272 e. The Hall–Kier alpha value is -3.18. The number of hydrogen-bond acceptors (Lipinski definition) is 3. The predicted molar refractivity (Wildman–Crippen MR) is 113 cm³/mol. The number of hydrogen-bond donors (Lipinski definition) is 1. The zero-order chi connectivity index (χ0) is 20.8. The van der Waals surface area contributed by atoms with Crippen LogP contribution >= 0.6 is 11.6 Å². The lowest BCUT2D eigenvalue weighted by Gasteiger charge is -2.13. The summed E-state index contributed by atoms with van der Waals surface area (Å²) < 4.78 is 18.9. The highest BCUT2D eigenvalue weighted by Crippen LogP contribution is 2.25. The largest absolute Gasteiger partial charge is 0.488 e. The van der Waals surface area contributed by atoms with E-state index in [0.29, 0.717) is 17.2 Å². The maximum Gasteiger partial charge on any atom is 0.272 e. The SMILES string of the molecule is Cc1cc(/C=N\NC(=O)c2ccccc2Cl)cc(C)c1OCc1ccc(F)cc1. The fourth-order valence-electron chi connectivity index (χ4n) is 2.89. The number of nitrogens with one attached hydrogen (secondary N) is 1. The maximum atomic E-state index is 13.0. The minimum Gasteiger partial charge on any atom is -0.488 e. The summed E-state index contributed by atoms with van der Waals surface area (Å²) >= 11 is 6.01. The van der Waals surface area contributed by atoms with Gasteiger partial charge >= 0.3 is 0 Å². The van der Waals surface area contributed by atoms with E-state index in [2.05, 4.69) is 10.5 Å². The Morgan fingerprint density at radius 2 is 1.76 bits per heavy atom. The maximum absolute atomic E-state index is 13.0. The normalized spacial score (nSPS) is 10.9. The van der Waals surface area contributed by atoms with Gasteiger partial charge in [-0.3, -0.25) is 4.79 Å². The molecular weight excluding hydrogens is 391 g/mol. The van der Waals surface area contributed by atoms with Gasteiger partial charge in [0, 0.05) is 0 Å². The van der Waals surface area contributed by atoms with Crippen LogP contribution in [0.2, 0.25) is 5.02 Å². The van der Waals surface area contributed by atoms with Crippen molar-refractivity contribution in [1.29, 1.82) is 0 Å². The quantitative estimate of drug-likeness (QED) is 0.434. The minimum absolute atomic E-state index is 0.272. The van der Waals surface area contributed by atoms with Gasteiger partial charge in [0.2, 0.25) is 0 Å². The zero-order valence-electron chi connectivity index (χ0n) is 16.1. The molecule has 3 aromatic carbocycles. The molecule has 148 valence electrons. The van der Waals surface area contributed by atoms with Gasteiger partial charge in [0.05, 0.1) is 16.8 Å². The third-order valence-electron chi connectivity index (χ3n) is 4.28. The Labute approximate surface area is 174 Å². The molecule has 4 nitrogen and oxygen atoms in total. The molecule has 0 saturated heterocycles. The second kappa shape index (κ2) is 9.34. The van der Waals surface area contributed by atoms with E-state index in [0.717, 1.165) is 28.0 Å². The van der Waals surface area contributed by atoms with Gasteiger partial charge in [0.25, 0.3) is 5.91 Å². The summed E-state index contributed by atoms with van der Waals surface area (Å²) in [5.74, 6) is 0.123. The van der Waals surface area contributed by atoms with E-state index in [1.807, 2.05) is 26.0 Å². The molecule has 0 bridgehead atoms. The van der Waals surface area contributed by atoms with Gasteiger partial charge in [-0.05, 0) is 72.5 Å². The molecule has 0 aliphatic rings. The van der Waals surface area contributed by atoms with Crippen LogP contribution in [0.15, 0.2) is 65.8 Å². The third-order valence-corrected chi connectivity index (χ3v) is 4.61. The van der Waals surface area contributed by atoms with Crippen molar-refractivity contribution in [3.63, 3.8) is 0 Å². The van der Waals surface area contributed by atoms with Gasteiger partial charge in [0.1, 0.15) is 18.2 Å². The number of carbonyl (C=O) groups is 1. The van der Waals surface area contributed by atoms with Crippen LogP contribution in [0.3, 0.4) is 0 Å².